The quantitative estimate of drug-likeness (QED) is 0.243. The molecule has 0 bridgehead atoms. The minimum atomic E-state index is 0. The molecule has 0 spiro atoms. The van der Waals surface area contributed by atoms with Crippen LogP contribution >= 0.6 is 22.6 Å². The van der Waals surface area contributed by atoms with Crippen LogP contribution in [0, 0.1) is 6.92 Å². The zero-order valence-electron chi connectivity index (χ0n) is 5.33. The molecule has 46 valence electrons. The first kappa shape index (κ1) is 12.1. The molecule has 8 heavy (non-hydrogen) atoms. The molecule has 0 radical (unpaired) electrons. The fourth-order valence-electron chi connectivity index (χ4n) is 0.448. The van der Waals surface area contributed by atoms with Crippen LogP contribution in [0.3, 0.4) is 0 Å². The predicted molar refractivity (Wildman–Crippen MR) is 42.7 cm³/mol. The number of rotatable bonds is 4. The number of alkyl halides is 1. The molecule has 0 aromatic rings. The van der Waals surface area contributed by atoms with Gasteiger partial charge in [-0.15, -0.1) is 0 Å². The van der Waals surface area contributed by atoms with Gasteiger partial charge in [0.15, 0.2) is 0 Å². The van der Waals surface area contributed by atoms with Crippen LogP contribution in [0.2, 0.25) is 0 Å². The van der Waals surface area contributed by atoms with Gasteiger partial charge in [-0.2, -0.15) is 6.42 Å². The first-order valence-electron chi connectivity index (χ1n) is 2.77. The molecule has 0 atom stereocenters. The topological polar surface area (TPSA) is 0 Å². The average Bonchev–Trinajstić information content (AvgIpc) is 1.69. The molecule has 0 nitrogen and oxygen atoms in total. The fraction of sp³-hybridized carbons (Fsp3) is 0.833. The van der Waals surface area contributed by atoms with Crippen molar-refractivity contribution in [1.82, 2.24) is 0 Å². The first-order chi connectivity index (χ1) is 3.41. The Morgan fingerprint density at radius 2 is 1.75 bits per heavy atom. The van der Waals surface area contributed by atoms with Crippen molar-refractivity contribution in [2.24, 2.45) is 0 Å². The third-order valence-electron chi connectivity index (χ3n) is 0.884. The Morgan fingerprint density at radius 1 is 1.12 bits per heavy atom. The molecule has 0 rings (SSSR count). The van der Waals surface area contributed by atoms with Gasteiger partial charge in [0.1, 0.15) is 0 Å². The summed E-state index contributed by atoms with van der Waals surface area (Å²) in [4.78, 5) is 0. The van der Waals surface area contributed by atoms with Crippen molar-refractivity contribution >= 4 is 22.6 Å². The summed E-state index contributed by atoms with van der Waals surface area (Å²) in [6.45, 7) is 3.76. The number of hydrogen-bond acceptors (Lipinski definition) is 0. The van der Waals surface area contributed by atoms with E-state index in [1.54, 1.807) is 0 Å². The van der Waals surface area contributed by atoms with Crippen molar-refractivity contribution < 1.29 is 19.5 Å². The van der Waals surface area contributed by atoms with Crippen molar-refractivity contribution in [2.75, 3.05) is 4.43 Å². The zero-order chi connectivity index (χ0) is 5.54. The van der Waals surface area contributed by atoms with E-state index in [2.05, 4.69) is 29.5 Å². The van der Waals surface area contributed by atoms with Gasteiger partial charge in [0.2, 0.25) is 0 Å². The van der Waals surface area contributed by atoms with Gasteiger partial charge in [-0.3, -0.25) is 0 Å². The van der Waals surface area contributed by atoms with Gasteiger partial charge in [0.25, 0.3) is 0 Å². The molecular weight excluding hydrogens is 264 g/mol. The Labute approximate surface area is 78.7 Å². The normalized spacial score (nSPS) is 8.25. The van der Waals surface area contributed by atoms with E-state index in [4.69, 9.17) is 0 Å². The summed E-state index contributed by atoms with van der Waals surface area (Å²) >= 11 is 2.41. The SMILES string of the molecule is [CH2-]CCCCCI.[Zn]. The monoisotopic (exact) mass is 275 g/mol. The van der Waals surface area contributed by atoms with Gasteiger partial charge in [0.05, 0.1) is 0 Å². The van der Waals surface area contributed by atoms with E-state index in [-0.39, 0.29) is 19.5 Å². The van der Waals surface area contributed by atoms with Gasteiger partial charge in [-0.05, 0) is 10.8 Å². The molecule has 0 aliphatic rings. The van der Waals surface area contributed by atoms with Crippen molar-refractivity contribution in [3.05, 3.63) is 6.92 Å². The minimum absolute atomic E-state index is 0. The summed E-state index contributed by atoms with van der Waals surface area (Å²) in [5.41, 5.74) is 0. The Bertz CT molecular complexity index is 27.7. The molecule has 0 N–H and O–H groups in total. The maximum Gasteiger partial charge on any atom is 0 e. The summed E-state index contributed by atoms with van der Waals surface area (Å²) in [5.74, 6) is 0. The summed E-state index contributed by atoms with van der Waals surface area (Å²) in [7, 11) is 0. The summed E-state index contributed by atoms with van der Waals surface area (Å²) in [5, 5.41) is 0. The van der Waals surface area contributed by atoms with Crippen LogP contribution in [-0.2, 0) is 19.5 Å². The van der Waals surface area contributed by atoms with Crippen LogP contribution in [0.15, 0.2) is 0 Å². The van der Waals surface area contributed by atoms with Crippen LogP contribution < -0.4 is 0 Å². The van der Waals surface area contributed by atoms with E-state index < -0.39 is 0 Å². The molecule has 0 fully saturated rings. The van der Waals surface area contributed by atoms with Crippen molar-refractivity contribution in [1.29, 1.82) is 0 Å². The third kappa shape index (κ3) is 10.4. The molecule has 0 saturated heterocycles. The Kier molecular flexibility index (Phi) is 16.9. The largest absolute Gasteiger partial charge is 0.343 e. The van der Waals surface area contributed by atoms with Gasteiger partial charge in [-0.1, -0.05) is 35.4 Å². The Balaban J connectivity index is 0. The molecule has 0 heterocycles. The molecule has 0 aromatic carbocycles. The first-order valence-corrected chi connectivity index (χ1v) is 4.29. The molecule has 0 amide bonds. The van der Waals surface area contributed by atoms with Crippen molar-refractivity contribution in [3.63, 3.8) is 0 Å². The van der Waals surface area contributed by atoms with Gasteiger partial charge >= 0.3 is 0 Å². The second kappa shape index (κ2) is 11.2. The smallest absolute Gasteiger partial charge is 0 e. The molecule has 0 aromatic heterocycles. The fourth-order valence-corrected chi connectivity index (χ4v) is 0.987. The van der Waals surface area contributed by atoms with Gasteiger partial charge in [0, 0.05) is 19.5 Å². The molecular formula is C6H12IZn-. The number of unbranched alkanes of at least 4 members (excludes halogenated alkanes) is 3. The van der Waals surface area contributed by atoms with E-state index in [1.165, 1.54) is 23.7 Å². The molecule has 0 aliphatic carbocycles. The standard InChI is InChI=1S/C6H12I.Zn/c1-2-3-4-5-6-7;/h1-6H2;/q-1;. The zero-order valence-corrected chi connectivity index (χ0v) is 10.5. The second-order valence-corrected chi connectivity index (χ2v) is 2.68. The average molecular weight is 276 g/mol. The predicted octanol–water partition coefficient (Wildman–Crippen LogP) is 2.81. The summed E-state index contributed by atoms with van der Waals surface area (Å²) in [6, 6.07) is 0. The number of hydrogen-bond donors (Lipinski definition) is 0. The summed E-state index contributed by atoms with van der Waals surface area (Å²) in [6.07, 6.45) is 5.15. The second-order valence-electron chi connectivity index (χ2n) is 1.60. The van der Waals surface area contributed by atoms with Crippen LogP contribution in [0.25, 0.3) is 0 Å². The van der Waals surface area contributed by atoms with E-state index in [9.17, 15) is 0 Å². The van der Waals surface area contributed by atoms with Gasteiger partial charge < -0.3 is 6.92 Å². The number of halogens is 1. The summed E-state index contributed by atoms with van der Waals surface area (Å²) < 4.78 is 1.30. The van der Waals surface area contributed by atoms with Crippen LogP contribution in [0.5, 0.6) is 0 Å². The van der Waals surface area contributed by atoms with Crippen LogP contribution in [0.1, 0.15) is 25.7 Å². The molecule has 0 saturated carbocycles. The third-order valence-corrected chi connectivity index (χ3v) is 1.65. The van der Waals surface area contributed by atoms with Crippen LogP contribution in [0.4, 0.5) is 0 Å². The maximum absolute atomic E-state index is 3.76. The van der Waals surface area contributed by atoms with E-state index >= 15 is 0 Å². The molecule has 2 heteroatoms. The molecule has 0 unspecified atom stereocenters. The van der Waals surface area contributed by atoms with Crippen LogP contribution in [-0.4, -0.2) is 4.43 Å². The van der Waals surface area contributed by atoms with Crippen molar-refractivity contribution in [2.45, 2.75) is 25.7 Å². The van der Waals surface area contributed by atoms with Crippen molar-refractivity contribution in [3.8, 4) is 0 Å². The Hall–Kier alpha value is 1.35. The van der Waals surface area contributed by atoms with Gasteiger partial charge in [-0.25, -0.2) is 0 Å². The van der Waals surface area contributed by atoms with E-state index in [0.717, 1.165) is 6.42 Å². The Morgan fingerprint density at radius 3 is 2.12 bits per heavy atom. The van der Waals surface area contributed by atoms with E-state index in [1.807, 2.05) is 0 Å². The minimum Gasteiger partial charge on any atom is -0.343 e. The maximum atomic E-state index is 3.76. The molecule has 0 aliphatic heterocycles. The van der Waals surface area contributed by atoms with E-state index in [0.29, 0.717) is 0 Å².